The van der Waals surface area contributed by atoms with Gasteiger partial charge in [0, 0.05) is 11.5 Å². The van der Waals surface area contributed by atoms with Crippen molar-refractivity contribution in [3.63, 3.8) is 0 Å². The van der Waals surface area contributed by atoms with E-state index < -0.39 is 27.6 Å². The second-order valence-electron chi connectivity index (χ2n) is 6.96. The third kappa shape index (κ3) is 3.78. The van der Waals surface area contributed by atoms with Crippen molar-refractivity contribution in [2.45, 2.75) is 24.3 Å². The van der Waals surface area contributed by atoms with Gasteiger partial charge >= 0.3 is 0 Å². The van der Waals surface area contributed by atoms with Gasteiger partial charge in [-0.2, -0.15) is 0 Å². The van der Waals surface area contributed by atoms with Crippen molar-refractivity contribution in [2.75, 3.05) is 5.32 Å². The molecule has 5 nitrogen and oxygen atoms in total. The van der Waals surface area contributed by atoms with Crippen LogP contribution in [-0.4, -0.2) is 14.4 Å². The van der Waals surface area contributed by atoms with Gasteiger partial charge in [0.2, 0.25) is 5.96 Å². The number of halogens is 2. The first kappa shape index (κ1) is 20.0. The molecule has 0 saturated heterocycles. The Morgan fingerprint density at radius 3 is 2.37 bits per heavy atom. The minimum absolute atomic E-state index is 0.0149. The molecule has 0 radical (unpaired) electrons. The maximum Gasteiger partial charge on any atom is 0.266 e. The second-order valence-corrected chi connectivity index (χ2v) is 8.61. The number of hydrogen-bond donors (Lipinski definition) is 2. The third-order valence-corrected chi connectivity index (χ3v) is 6.37. The highest BCUT2D eigenvalue weighted by molar-refractivity contribution is 7.90. The van der Waals surface area contributed by atoms with Crippen molar-refractivity contribution in [1.29, 1.82) is 0 Å². The molecule has 0 amide bonds. The third-order valence-electron chi connectivity index (χ3n) is 4.99. The maximum atomic E-state index is 14.9. The molecule has 1 aliphatic heterocycles. The van der Waals surface area contributed by atoms with Crippen LogP contribution < -0.4 is 10.0 Å². The van der Waals surface area contributed by atoms with Gasteiger partial charge in [-0.25, -0.2) is 26.9 Å². The quantitative estimate of drug-likeness (QED) is 0.649. The zero-order valence-electron chi connectivity index (χ0n) is 16.1. The maximum absolute atomic E-state index is 14.9. The fourth-order valence-corrected chi connectivity index (χ4v) is 4.64. The van der Waals surface area contributed by atoms with E-state index in [0.717, 1.165) is 11.6 Å². The number of sulfonamides is 1. The summed E-state index contributed by atoms with van der Waals surface area (Å²) in [4.78, 5) is 4.18. The molecule has 0 fully saturated rings. The van der Waals surface area contributed by atoms with Crippen LogP contribution in [0.5, 0.6) is 0 Å². The smallest absolute Gasteiger partial charge is 0.266 e. The van der Waals surface area contributed by atoms with Crippen LogP contribution in [0.3, 0.4) is 0 Å². The molecule has 0 aromatic heterocycles. The van der Waals surface area contributed by atoms with Gasteiger partial charge in [-0.1, -0.05) is 55.5 Å². The van der Waals surface area contributed by atoms with Crippen molar-refractivity contribution in [3.8, 4) is 0 Å². The summed E-state index contributed by atoms with van der Waals surface area (Å²) < 4.78 is 57.1. The number of anilines is 1. The van der Waals surface area contributed by atoms with E-state index in [2.05, 4.69) is 15.0 Å². The highest BCUT2D eigenvalue weighted by atomic mass is 32.2. The van der Waals surface area contributed by atoms with Crippen LogP contribution in [0, 0.1) is 11.6 Å². The standard InChI is InChI=1S/C22H19F2N3O2S/c1-14(16-9-5-6-10-17(16)23)20-18(24)11-12-19-21(20)26-22(27-30(19,28)29)25-13-15-7-3-2-4-8-15/h2-12,14H,13H2,1H3,(H2,25,26,27). The number of nitrogens with one attached hydrogen (secondary N) is 2. The predicted molar refractivity (Wildman–Crippen MR) is 112 cm³/mol. The second kappa shape index (κ2) is 7.87. The van der Waals surface area contributed by atoms with Gasteiger partial charge in [-0.3, -0.25) is 0 Å². The Kier molecular flexibility index (Phi) is 5.26. The molecule has 1 unspecified atom stereocenters. The summed E-state index contributed by atoms with van der Waals surface area (Å²) in [5.41, 5.74) is 1.28. The number of nitrogens with zero attached hydrogens (tertiary/aromatic N) is 1. The topological polar surface area (TPSA) is 70.6 Å². The number of guanidine groups is 1. The van der Waals surface area contributed by atoms with Crippen molar-refractivity contribution in [2.24, 2.45) is 4.99 Å². The van der Waals surface area contributed by atoms with Crippen molar-refractivity contribution in [3.05, 3.63) is 95.1 Å². The molecule has 1 atom stereocenters. The lowest BCUT2D eigenvalue weighted by Gasteiger charge is -2.26. The lowest BCUT2D eigenvalue weighted by Crippen LogP contribution is -2.41. The summed E-state index contributed by atoms with van der Waals surface area (Å²) in [6.45, 7) is 1.86. The predicted octanol–water partition coefficient (Wildman–Crippen LogP) is 4.38. The summed E-state index contributed by atoms with van der Waals surface area (Å²) in [6, 6.07) is 17.6. The summed E-state index contributed by atoms with van der Waals surface area (Å²) in [5, 5.41) is 2.90. The van der Waals surface area contributed by atoms with E-state index >= 15 is 0 Å². The average molecular weight is 427 g/mol. The van der Waals surface area contributed by atoms with Gasteiger partial charge in [-0.15, -0.1) is 0 Å². The van der Waals surface area contributed by atoms with E-state index in [0.29, 0.717) is 0 Å². The zero-order valence-corrected chi connectivity index (χ0v) is 16.9. The SMILES string of the molecule is CC(c1ccccc1F)c1c(F)ccc2c1NC(=NCc1ccccc1)NS2(=O)=O. The van der Waals surface area contributed by atoms with Gasteiger partial charge in [0.1, 0.15) is 16.5 Å². The molecule has 3 aromatic rings. The first-order valence-corrected chi connectivity index (χ1v) is 10.8. The molecular formula is C22H19F2N3O2S. The van der Waals surface area contributed by atoms with Gasteiger partial charge < -0.3 is 5.32 Å². The number of rotatable bonds is 4. The molecule has 3 aromatic carbocycles. The van der Waals surface area contributed by atoms with Crippen LogP contribution in [0.2, 0.25) is 0 Å². The summed E-state index contributed by atoms with van der Waals surface area (Å²) in [5.74, 6) is -1.86. The summed E-state index contributed by atoms with van der Waals surface area (Å²) in [7, 11) is -3.96. The van der Waals surface area contributed by atoms with Gasteiger partial charge in [-0.05, 0) is 29.3 Å². The van der Waals surface area contributed by atoms with E-state index in [1.165, 1.54) is 12.1 Å². The van der Waals surface area contributed by atoms with Crippen LogP contribution in [0.25, 0.3) is 0 Å². The van der Waals surface area contributed by atoms with Gasteiger partial charge in [0.25, 0.3) is 10.0 Å². The number of aliphatic imine (C=N–C) groups is 1. The minimum atomic E-state index is -3.96. The average Bonchev–Trinajstić information content (AvgIpc) is 2.72. The highest BCUT2D eigenvalue weighted by Crippen LogP contribution is 2.38. The number of hydrogen-bond acceptors (Lipinski definition) is 3. The van der Waals surface area contributed by atoms with Crippen LogP contribution in [0.15, 0.2) is 76.6 Å². The molecule has 0 saturated carbocycles. The highest BCUT2D eigenvalue weighted by Gasteiger charge is 2.32. The van der Waals surface area contributed by atoms with E-state index in [4.69, 9.17) is 0 Å². The lowest BCUT2D eigenvalue weighted by molar-refractivity contribution is 0.577. The molecule has 0 spiro atoms. The Bertz CT molecular complexity index is 1230. The molecular weight excluding hydrogens is 408 g/mol. The monoisotopic (exact) mass is 427 g/mol. The van der Waals surface area contributed by atoms with Crippen molar-refractivity contribution in [1.82, 2.24) is 4.72 Å². The van der Waals surface area contributed by atoms with E-state index in [1.54, 1.807) is 25.1 Å². The Morgan fingerprint density at radius 2 is 1.63 bits per heavy atom. The van der Waals surface area contributed by atoms with E-state index in [9.17, 15) is 17.2 Å². The summed E-state index contributed by atoms with van der Waals surface area (Å²) in [6.07, 6.45) is 0. The molecule has 0 aliphatic carbocycles. The molecule has 30 heavy (non-hydrogen) atoms. The molecule has 4 rings (SSSR count). The minimum Gasteiger partial charge on any atom is -0.324 e. The number of benzene rings is 3. The normalized spacial score (nSPS) is 17.0. The van der Waals surface area contributed by atoms with E-state index in [1.807, 2.05) is 30.3 Å². The van der Waals surface area contributed by atoms with Crippen LogP contribution in [0.1, 0.15) is 29.5 Å². The molecule has 2 N–H and O–H groups in total. The van der Waals surface area contributed by atoms with Crippen LogP contribution in [0.4, 0.5) is 14.5 Å². The van der Waals surface area contributed by atoms with Crippen LogP contribution in [-0.2, 0) is 16.6 Å². The number of fused-ring (bicyclic) bond motifs is 1. The van der Waals surface area contributed by atoms with Crippen molar-refractivity contribution < 1.29 is 17.2 Å². The Morgan fingerprint density at radius 1 is 0.933 bits per heavy atom. The molecule has 1 heterocycles. The largest absolute Gasteiger partial charge is 0.324 e. The lowest BCUT2D eigenvalue weighted by atomic mass is 9.91. The zero-order chi connectivity index (χ0) is 21.3. The van der Waals surface area contributed by atoms with E-state index in [-0.39, 0.29) is 34.2 Å². The van der Waals surface area contributed by atoms with Gasteiger partial charge in [0.05, 0.1) is 12.2 Å². The summed E-state index contributed by atoms with van der Waals surface area (Å²) >= 11 is 0. The Hall–Kier alpha value is -3.26. The fraction of sp³-hybridized carbons (Fsp3) is 0.136. The molecule has 154 valence electrons. The fourth-order valence-electron chi connectivity index (χ4n) is 3.48. The van der Waals surface area contributed by atoms with Crippen molar-refractivity contribution >= 4 is 21.7 Å². The molecule has 0 bridgehead atoms. The Labute approximate surface area is 173 Å². The molecule has 8 heteroatoms. The Balaban J connectivity index is 1.79. The first-order valence-electron chi connectivity index (χ1n) is 9.32. The first-order chi connectivity index (χ1) is 14.4. The van der Waals surface area contributed by atoms with Crippen LogP contribution >= 0.6 is 0 Å². The molecule has 1 aliphatic rings. The van der Waals surface area contributed by atoms with Gasteiger partial charge in [0.15, 0.2) is 0 Å².